The molecule has 102 valence electrons. The molecule has 3 nitrogen and oxygen atoms in total. The molecule has 0 amide bonds. The summed E-state index contributed by atoms with van der Waals surface area (Å²) in [6.45, 7) is 13.7. The maximum Gasteiger partial charge on any atom is 0.0356 e. The molecule has 0 saturated carbocycles. The highest BCUT2D eigenvalue weighted by molar-refractivity contribution is 4.96. The molecule has 1 heterocycles. The molecule has 1 aliphatic rings. The van der Waals surface area contributed by atoms with Gasteiger partial charge in [0.2, 0.25) is 0 Å². The Kier molecular flexibility index (Phi) is 6.45. The molecule has 17 heavy (non-hydrogen) atoms. The Morgan fingerprint density at radius 3 is 1.94 bits per heavy atom. The van der Waals surface area contributed by atoms with Gasteiger partial charge >= 0.3 is 0 Å². The molecule has 1 fully saturated rings. The second-order valence-electron chi connectivity index (χ2n) is 5.35. The van der Waals surface area contributed by atoms with E-state index in [4.69, 9.17) is 5.73 Å². The Bertz CT molecular complexity index is 192. The molecule has 0 bridgehead atoms. The molecule has 1 rings (SSSR count). The van der Waals surface area contributed by atoms with Gasteiger partial charge in [0.25, 0.3) is 0 Å². The summed E-state index contributed by atoms with van der Waals surface area (Å²) >= 11 is 0. The van der Waals surface area contributed by atoms with Gasteiger partial charge in [-0.25, -0.2) is 0 Å². The molecular formula is C14H31N3. The molecule has 0 aliphatic carbocycles. The predicted octanol–water partition coefficient (Wildman–Crippen LogP) is 1.92. The number of piperidine rings is 1. The van der Waals surface area contributed by atoms with Crippen LogP contribution in [0.1, 0.15) is 46.5 Å². The van der Waals surface area contributed by atoms with Crippen molar-refractivity contribution in [2.45, 2.75) is 52.0 Å². The summed E-state index contributed by atoms with van der Waals surface area (Å²) in [6.07, 6.45) is 4.97. The van der Waals surface area contributed by atoms with E-state index in [1.807, 2.05) is 0 Å². The molecule has 1 aliphatic heterocycles. The van der Waals surface area contributed by atoms with Gasteiger partial charge in [-0.05, 0) is 58.4 Å². The third-order valence-electron chi connectivity index (χ3n) is 4.27. The minimum absolute atomic E-state index is 0.289. The zero-order valence-electron chi connectivity index (χ0n) is 12.0. The van der Waals surface area contributed by atoms with Crippen molar-refractivity contribution in [2.24, 2.45) is 5.73 Å². The Labute approximate surface area is 107 Å². The molecule has 0 atom stereocenters. The van der Waals surface area contributed by atoms with Crippen LogP contribution in [-0.4, -0.2) is 54.6 Å². The summed E-state index contributed by atoms with van der Waals surface area (Å²) in [5, 5.41) is 0. The third-order valence-corrected chi connectivity index (χ3v) is 4.27. The van der Waals surface area contributed by atoms with Crippen molar-refractivity contribution in [3.8, 4) is 0 Å². The second-order valence-corrected chi connectivity index (χ2v) is 5.35. The summed E-state index contributed by atoms with van der Waals surface area (Å²) in [5.41, 5.74) is 6.42. The lowest BCUT2D eigenvalue weighted by atomic mass is 9.85. The van der Waals surface area contributed by atoms with Crippen LogP contribution >= 0.6 is 0 Å². The van der Waals surface area contributed by atoms with E-state index in [2.05, 4.69) is 30.6 Å². The van der Waals surface area contributed by atoms with Crippen molar-refractivity contribution in [3.05, 3.63) is 0 Å². The number of rotatable bonds is 7. The van der Waals surface area contributed by atoms with E-state index in [0.29, 0.717) is 0 Å². The van der Waals surface area contributed by atoms with Gasteiger partial charge in [-0.1, -0.05) is 20.8 Å². The highest BCUT2D eigenvalue weighted by atomic mass is 15.2. The summed E-state index contributed by atoms with van der Waals surface area (Å²) in [4.78, 5) is 5.21. The molecule has 0 aromatic rings. The normalized spacial score (nSPS) is 21.0. The fourth-order valence-corrected chi connectivity index (χ4v) is 3.06. The van der Waals surface area contributed by atoms with E-state index in [1.54, 1.807) is 0 Å². The predicted molar refractivity (Wildman–Crippen MR) is 75.3 cm³/mol. The SMILES string of the molecule is CCCN(CCC)C1(CN)CCN(CC)CC1. The number of likely N-dealkylation sites (tertiary alicyclic amines) is 1. The molecule has 2 N–H and O–H groups in total. The van der Waals surface area contributed by atoms with Gasteiger partial charge in [0, 0.05) is 12.1 Å². The third kappa shape index (κ3) is 3.67. The van der Waals surface area contributed by atoms with E-state index < -0.39 is 0 Å². The number of hydrogen-bond acceptors (Lipinski definition) is 3. The van der Waals surface area contributed by atoms with Crippen molar-refractivity contribution in [1.82, 2.24) is 9.80 Å². The molecule has 0 radical (unpaired) electrons. The van der Waals surface area contributed by atoms with Gasteiger partial charge in [-0.3, -0.25) is 4.90 Å². The van der Waals surface area contributed by atoms with Gasteiger partial charge in [0.15, 0.2) is 0 Å². The molecule has 0 unspecified atom stereocenters. The largest absolute Gasteiger partial charge is 0.329 e. The van der Waals surface area contributed by atoms with Crippen LogP contribution in [0.15, 0.2) is 0 Å². The van der Waals surface area contributed by atoms with Gasteiger partial charge < -0.3 is 10.6 Å². The van der Waals surface area contributed by atoms with Crippen molar-refractivity contribution < 1.29 is 0 Å². The van der Waals surface area contributed by atoms with Crippen molar-refractivity contribution >= 4 is 0 Å². The fourth-order valence-electron chi connectivity index (χ4n) is 3.06. The summed E-state index contributed by atoms with van der Waals surface area (Å²) in [5.74, 6) is 0. The molecule has 0 aromatic heterocycles. The monoisotopic (exact) mass is 241 g/mol. The lowest BCUT2D eigenvalue weighted by Crippen LogP contribution is -2.59. The minimum atomic E-state index is 0.289. The highest BCUT2D eigenvalue weighted by Gasteiger charge is 2.37. The van der Waals surface area contributed by atoms with Gasteiger partial charge in [0.1, 0.15) is 0 Å². The van der Waals surface area contributed by atoms with E-state index in [-0.39, 0.29) is 5.54 Å². The first-order valence-electron chi connectivity index (χ1n) is 7.39. The standard InChI is InChI=1S/C14H31N3/c1-4-9-17(10-5-2)14(13-15)7-11-16(6-3)12-8-14/h4-13,15H2,1-3H3. The minimum Gasteiger partial charge on any atom is -0.329 e. The van der Waals surface area contributed by atoms with E-state index in [0.717, 1.165) is 6.54 Å². The number of hydrogen-bond donors (Lipinski definition) is 1. The van der Waals surface area contributed by atoms with Gasteiger partial charge in [-0.2, -0.15) is 0 Å². The zero-order chi connectivity index (χ0) is 12.7. The molecule has 3 heteroatoms. The van der Waals surface area contributed by atoms with Gasteiger partial charge in [-0.15, -0.1) is 0 Å². The van der Waals surface area contributed by atoms with Crippen LogP contribution < -0.4 is 5.73 Å². The van der Waals surface area contributed by atoms with Crippen LogP contribution in [0.5, 0.6) is 0 Å². The second kappa shape index (κ2) is 7.34. The quantitative estimate of drug-likeness (QED) is 0.739. The first kappa shape index (κ1) is 14.9. The topological polar surface area (TPSA) is 32.5 Å². The lowest BCUT2D eigenvalue weighted by Gasteiger charge is -2.48. The highest BCUT2D eigenvalue weighted by Crippen LogP contribution is 2.28. The van der Waals surface area contributed by atoms with Crippen LogP contribution in [0.2, 0.25) is 0 Å². The lowest BCUT2D eigenvalue weighted by molar-refractivity contribution is 0.0279. The Morgan fingerprint density at radius 2 is 1.59 bits per heavy atom. The zero-order valence-corrected chi connectivity index (χ0v) is 12.0. The van der Waals surface area contributed by atoms with Crippen LogP contribution in [0, 0.1) is 0 Å². The van der Waals surface area contributed by atoms with Crippen molar-refractivity contribution in [2.75, 3.05) is 39.3 Å². The first-order valence-corrected chi connectivity index (χ1v) is 7.39. The molecule has 1 saturated heterocycles. The summed E-state index contributed by atoms with van der Waals surface area (Å²) in [6, 6.07) is 0. The fraction of sp³-hybridized carbons (Fsp3) is 1.00. The van der Waals surface area contributed by atoms with Gasteiger partial charge in [0.05, 0.1) is 0 Å². The van der Waals surface area contributed by atoms with E-state index in [9.17, 15) is 0 Å². The molecule has 0 spiro atoms. The molecular weight excluding hydrogens is 210 g/mol. The summed E-state index contributed by atoms with van der Waals surface area (Å²) < 4.78 is 0. The van der Waals surface area contributed by atoms with Crippen LogP contribution in [-0.2, 0) is 0 Å². The number of nitrogens with two attached hydrogens (primary N) is 1. The summed E-state index contributed by atoms with van der Waals surface area (Å²) in [7, 11) is 0. The van der Waals surface area contributed by atoms with Crippen molar-refractivity contribution in [1.29, 1.82) is 0 Å². The van der Waals surface area contributed by atoms with E-state index >= 15 is 0 Å². The molecule has 0 aromatic carbocycles. The average molecular weight is 241 g/mol. The maximum atomic E-state index is 6.13. The first-order chi connectivity index (χ1) is 8.22. The Balaban J connectivity index is 2.65. The number of nitrogens with zero attached hydrogens (tertiary/aromatic N) is 2. The van der Waals surface area contributed by atoms with Crippen LogP contribution in [0.25, 0.3) is 0 Å². The van der Waals surface area contributed by atoms with E-state index in [1.165, 1.54) is 58.4 Å². The Hall–Kier alpha value is -0.120. The van der Waals surface area contributed by atoms with Crippen LogP contribution in [0.3, 0.4) is 0 Å². The Morgan fingerprint density at radius 1 is 1.06 bits per heavy atom. The maximum absolute atomic E-state index is 6.13. The smallest absolute Gasteiger partial charge is 0.0356 e. The van der Waals surface area contributed by atoms with Crippen molar-refractivity contribution in [3.63, 3.8) is 0 Å². The average Bonchev–Trinajstić information content (AvgIpc) is 2.38. The van der Waals surface area contributed by atoms with Crippen LogP contribution in [0.4, 0.5) is 0 Å².